The Morgan fingerprint density at radius 2 is 1.96 bits per heavy atom. The molecule has 0 saturated carbocycles. The molecule has 2 aromatic heterocycles. The van der Waals surface area contributed by atoms with E-state index in [0.29, 0.717) is 30.3 Å². The van der Waals surface area contributed by atoms with Gasteiger partial charge in [0.15, 0.2) is 5.13 Å². The maximum absolute atomic E-state index is 13.1. The van der Waals surface area contributed by atoms with Crippen LogP contribution in [0.4, 0.5) is 5.13 Å². The Balaban J connectivity index is 1.62. The maximum atomic E-state index is 13.1. The van der Waals surface area contributed by atoms with Crippen LogP contribution in [0.25, 0.3) is 10.2 Å². The number of carbonyl (C=O) groups is 1. The Morgan fingerprint density at radius 1 is 1.11 bits per heavy atom. The van der Waals surface area contributed by atoms with Gasteiger partial charge in [-0.15, -0.1) is 0 Å². The van der Waals surface area contributed by atoms with Gasteiger partial charge in [0, 0.05) is 6.42 Å². The highest BCUT2D eigenvalue weighted by molar-refractivity contribution is 7.22. The summed E-state index contributed by atoms with van der Waals surface area (Å²) >= 11 is 1.48. The lowest BCUT2D eigenvalue weighted by atomic mass is 10.1. The van der Waals surface area contributed by atoms with Crippen molar-refractivity contribution >= 4 is 32.6 Å². The first-order chi connectivity index (χ1) is 13.7. The van der Waals surface area contributed by atoms with E-state index in [9.17, 15) is 4.79 Å². The second-order valence-electron chi connectivity index (χ2n) is 6.35. The van der Waals surface area contributed by atoms with Gasteiger partial charge in [-0.05, 0) is 36.2 Å². The molecule has 0 aliphatic carbocycles. The molecule has 0 fully saturated rings. The smallest absolute Gasteiger partial charge is 0.229 e. The highest BCUT2D eigenvalue weighted by atomic mass is 32.1. The summed E-state index contributed by atoms with van der Waals surface area (Å²) in [6.45, 7) is 0.350. The van der Waals surface area contributed by atoms with Gasteiger partial charge in [0.2, 0.25) is 5.91 Å². The second kappa shape index (κ2) is 8.27. The van der Waals surface area contributed by atoms with E-state index in [1.807, 2.05) is 60.7 Å². The Hall–Kier alpha value is -3.12. The van der Waals surface area contributed by atoms with Crippen molar-refractivity contribution in [2.45, 2.75) is 19.4 Å². The van der Waals surface area contributed by atoms with Crippen LogP contribution < -0.4 is 9.64 Å². The second-order valence-corrected chi connectivity index (χ2v) is 7.36. The molecule has 0 spiro atoms. The van der Waals surface area contributed by atoms with E-state index in [4.69, 9.17) is 14.1 Å². The minimum atomic E-state index is 0.0123. The molecular formula is C22H20N2O3S. The number of thiazole rings is 1. The van der Waals surface area contributed by atoms with Crippen LogP contribution in [0.5, 0.6) is 5.75 Å². The third-order valence-electron chi connectivity index (χ3n) is 4.49. The summed E-state index contributed by atoms with van der Waals surface area (Å²) in [6.07, 6.45) is 2.70. The van der Waals surface area contributed by atoms with Crippen LogP contribution in [0, 0.1) is 0 Å². The monoisotopic (exact) mass is 392 g/mol. The zero-order valence-electron chi connectivity index (χ0n) is 15.5. The average molecular weight is 392 g/mol. The van der Waals surface area contributed by atoms with Crippen LogP contribution in [0.3, 0.4) is 0 Å². The van der Waals surface area contributed by atoms with Gasteiger partial charge >= 0.3 is 0 Å². The molecule has 0 N–H and O–H groups in total. The number of methoxy groups -OCH3 is 1. The molecule has 0 aliphatic rings. The van der Waals surface area contributed by atoms with Crippen molar-refractivity contribution in [3.8, 4) is 5.75 Å². The third kappa shape index (κ3) is 3.92. The van der Waals surface area contributed by atoms with Crippen LogP contribution in [0.15, 0.2) is 71.3 Å². The first-order valence-electron chi connectivity index (χ1n) is 9.05. The number of para-hydroxylation sites is 1. The summed E-state index contributed by atoms with van der Waals surface area (Å²) in [4.78, 5) is 19.5. The molecule has 1 amide bonds. The summed E-state index contributed by atoms with van der Waals surface area (Å²) in [7, 11) is 1.62. The Bertz CT molecular complexity index is 1060. The van der Waals surface area contributed by atoms with Gasteiger partial charge in [-0.1, -0.05) is 47.7 Å². The number of aryl methyl sites for hydroxylation is 1. The molecule has 2 heterocycles. The first-order valence-corrected chi connectivity index (χ1v) is 9.86. The number of ether oxygens (including phenoxy) is 1. The van der Waals surface area contributed by atoms with Crippen molar-refractivity contribution in [3.05, 3.63) is 78.3 Å². The molecule has 4 aromatic rings. The number of hydrogen-bond acceptors (Lipinski definition) is 5. The Labute approximate surface area is 167 Å². The normalized spacial score (nSPS) is 10.9. The number of fused-ring (bicyclic) bond motifs is 1. The van der Waals surface area contributed by atoms with Crippen molar-refractivity contribution < 1.29 is 13.9 Å². The molecule has 4 rings (SSSR count). The minimum Gasteiger partial charge on any atom is -0.494 e. The van der Waals surface area contributed by atoms with E-state index >= 15 is 0 Å². The molecule has 5 nitrogen and oxygen atoms in total. The zero-order valence-corrected chi connectivity index (χ0v) is 16.3. The quantitative estimate of drug-likeness (QED) is 0.441. The molecule has 28 heavy (non-hydrogen) atoms. The molecule has 0 radical (unpaired) electrons. The van der Waals surface area contributed by atoms with E-state index in [-0.39, 0.29) is 5.91 Å². The van der Waals surface area contributed by atoms with Crippen molar-refractivity contribution in [2.24, 2.45) is 0 Å². The van der Waals surface area contributed by atoms with Crippen LogP contribution in [-0.4, -0.2) is 18.0 Å². The molecule has 6 heteroatoms. The fourth-order valence-electron chi connectivity index (χ4n) is 3.04. The SMILES string of the molecule is COc1cccc2sc(N(Cc3ccco3)C(=O)CCc3ccccc3)nc12. The summed E-state index contributed by atoms with van der Waals surface area (Å²) in [5.41, 5.74) is 1.91. The van der Waals surface area contributed by atoms with Crippen molar-refractivity contribution in [1.82, 2.24) is 4.98 Å². The maximum Gasteiger partial charge on any atom is 0.229 e. The van der Waals surface area contributed by atoms with Crippen LogP contribution in [0.1, 0.15) is 17.7 Å². The summed E-state index contributed by atoms with van der Waals surface area (Å²) in [6, 6.07) is 19.5. The summed E-state index contributed by atoms with van der Waals surface area (Å²) in [5.74, 6) is 1.44. The molecule has 2 aromatic carbocycles. The van der Waals surface area contributed by atoms with Gasteiger partial charge in [-0.25, -0.2) is 4.98 Å². The lowest BCUT2D eigenvalue weighted by molar-refractivity contribution is -0.118. The Morgan fingerprint density at radius 3 is 2.71 bits per heavy atom. The van der Waals surface area contributed by atoms with Gasteiger partial charge in [-0.2, -0.15) is 0 Å². The third-order valence-corrected chi connectivity index (χ3v) is 5.53. The minimum absolute atomic E-state index is 0.0123. The highest BCUT2D eigenvalue weighted by Gasteiger charge is 2.22. The highest BCUT2D eigenvalue weighted by Crippen LogP contribution is 2.35. The van der Waals surface area contributed by atoms with Crippen molar-refractivity contribution in [3.63, 3.8) is 0 Å². The molecule has 0 unspecified atom stereocenters. The topological polar surface area (TPSA) is 55.6 Å². The van der Waals surface area contributed by atoms with E-state index in [0.717, 1.165) is 21.5 Å². The first kappa shape index (κ1) is 18.3. The molecule has 0 bridgehead atoms. The predicted molar refractivity (Wildman–Crippen MR) is 111 cm³/mol. The van der Waals surface area contributed by atoms with Crippen LogP contribution >= 0.6 is 11.3 Å². The molecule has 142 valence electrons. The molecule has 0 aliphatic heterocycles. The Kier molecular flexibility index (Phi) is 5.39. The van der Waals surface area contributed by atoms with Gasteiger partial charge < -0.3 is 9.15 Å². The van der Waals surface area contributed by atoms with Gasteiger partial charge in [0.25, 0.3) is 0 Å². The zero-order chi connectivity index (χ0) is 19.3. The summed E-state index contributed by atoms with van der Waals surface area (Å²) in [5, 5.41) is 0.647. The largest absolute Gasteiger partial charge is 0.494 e. The van der Waals surface area contributed by atoms with Crippen LogP contribution in [0.2, 0.25) is 0 Å². The molecular weight excluding hydrogens is 372 g/mol. The molecule has 0 atom stereocenters. The number of aromatic nitrogens is 1. The number of carbonyl (C=O) groups excluding carboxylic acids is 1. The number of amides is 1. The van der Waals surface area contributed by atoms with Gasteiger partial charge in [-0.3, -0.25) is 9.69 Å². The van der Waals surface area contributed by atoms with Gasteiger partial charge in [0.1, 0.15) is 17.0 Å². The number of hydrogen-bond donors (Lipinski definition) is 0. The average Bonchev–Trinajstić information content (AvgIpc) is 3.40. The standard InChI is InChI=1S/C22H20N2O3S/c1-26-18-10-5-11-19-21(18)23-22(28-19)24(15-17-9-6-14-27-17)20(25)13-12-16-7-3-2-4-8-16/h2-11,14H,12-13,15H2,1H3. The van der Waals surface area contributed by atoms with E-state index in [2.05, 4.69) is 0 Å². The number of furan rings is 1. The molecule has 0 saturated heterocycles. The van der Waals surface area contributed by atoms with Crippen molar-refractivity contribution in [1.29, 1.82) is 0 Å². The summed E-state index contributed by atoms with van der Waals surface area (Å²) < 4.78 is 11.9. The fraction of sp³-hybridized carbons (Fsp3) is 0.182. The van der Waals surface area contributed by atoms with E-state index in [1.54, 1.807) is 18.3 Å². The number of benzene rings is 2. The van der Waals surface area contributed by atoms with E-state index in [1.165, 1.54) is 11.3 Å². The lowest BCUT2D eigenvalue weighted by Gasteiger charge is -2.18. The number of rotatable bonds is 7. The van der Waals surface area contributed by atoms with E-state index < -0.39 is 0 Å². The predicted octanol–water partition coefficient (Wildman–Crippen LogP) is 5.06. The van der Waals surface area contributed by atoms with Crippen molar-refractivity contribution in [2.75, 3.05) is 12.0 Å². The fourth-order valence-corrected chi connectivity index (χ4v) is 4.04. The van der Waals surface area contributed by atoms with Crippen LogP contribution in [-0.2, 0) is 17.8 Å². The number of nitrogens with zero attached hydrogens (tertiary/aromatic N) is 2. The van der Waals surface area contributed by atoms with Gasteiger partial charge in [0.05, 0.1) is 24.6 Å². The number of anilines is 1. The lowest BCUT2D eigenvalue weighted by Crippen LogP contribution is -2.30.